The predicted molar refractivity (Wildman–Crippen MR) is 52.6 cm³/mol. The molecule has 0 aliphatic carbocycles. The monoisotopic (exact) mass is 198 g/mol. The molecule has 0 aromatic carbocycles. The molecule has 2 unspecified atom stereocenters. The molecular formula is C9H14N2OS. The third kappa shape index (κ3) is 2.27. The SMILES string of the molecule is NC(CC1CCCO1)c1ccsn1. The Balaban J connectivity index is 1.87. The molecule has 4 heteroatoms. The van der Waals surface area contributed by atoms with Gasteiger partial charge in [-0.1, -0.05) is 0 Å². The van der Waals surface area contributed by atoms with Crippen molar-refractivity contribution < 1.29 is 4.74 Å². The van der Waals surface area contributed by atoms with Crippen LogP contribution in [0.25, 0.3) is 0 Å². The highest BCUT2D eigenvalue weighted by atomic mass is 32.1. The molecule has 0 amide bonds. The molecule has 2 N–H and O–H groups in total. The summed E-state index contributed by atoms with van der Waals surface area (Å²) < 4.78 is 9.74. The second-order valence-corrected chi connectivity index (χ2v) is 4.07. The zero-order valence-electron chi connectivity index (χ0n) is 7.48. The average molecular weight is 198 g/mol. The molecule has 2 heterocycles. The number of nitrogens with zero attached hydrogens (tertiary/aromatic N) is 1. The first-order valence-electron chi connectivity index (χ1n) is 4.64. The first-order chi connectivity index (χ1) is 6.36. The lowest BCUT2D eigenvalue weighted by molar-refractivity contribution is 0.0981. The summed E-state index contributed by atoms with van der Waals surface area (Å²) >= 11 is 1.46. The van der Waals surface area contributed by atoms with Crippen LogP contribution in [0.3, 0.4) is 0 Å². The summed E-state index contributed by atoms with van der Waals surface area (Å²) in [5, 5.41) is 1.96. The van der Waals surface area contributed by atoms with Gasteiger partial charge in [0.15, 0.2) is 0 Å². The van der Waals surface area contributed by atoms with E-state index in [0.717, 1.165) is 25.1 Å². The molecule has 3 nitrogen and oxygen atoms in total. The molecule has 1 fully saturated rings. The molecule has 2 atom stereocenters. The number of hydrogen-bond acceptors (Lipinski definition) is 4. The molecule has 72 valence electrons. The number of nitrogens with two attached hydrogens (primary N) is 1. The van der Waals surface area contributed by atoms with Crippen LogP contribution in [0.2, 0.25) is 0 Å². The maximum absolute atomic E-state index is 5.98. The number of ether oxygens (including phenoxy) is 1. The van der Waals surface area contributed by atoms with E-state index in [2.05, 4.69) is 4.37 Å². The topological polar surface area (TPSA) is 48.1 Å². The smallest absolute Gasteiger partial charge is 0.0710 e. The van der Waals surface area contributed by atoms with E-state index in [1.165, 1.54) is 18.0 Å². The third-order valence-electron chi connectivity index (χ3n) is 2.38. The lowest BCUT2D eigenvalue weighted by Gasteiger charge is -2.13. The van der Waals surface area contributed by atoms with E-state index in [4.69, 9.17) is 10.5 Å². The van der Waals surface area contributed by atoms with Gasteiger partial charge in [-0.2, -0.15) is 4.37 Å². The zero-order valence-corrected chi connectivity index (χ0v) is 8.30. The number of rotatable bonds is 3. The normalized spacial score (nSPS) is 24.8. The molecule has 1 aliphatic heterocycles. The van der Waals surface area contributed by atoms with Gasteiger partial charge in [-0.05, 0) is 36.9 Å². The first kappa shape index (κ1) is 9.12. The summed E-state index contributed by atoms with van der Waals surface area (Å²) in [6.45, 7) is 0.897. The van der Waals surface area contributed by atoms with E-state index in [0.29, 0.717) is 6.10 Å². The first-order valence-corrected chi connectivity index (χ1v) is 5.47. The van der Waals surface area contributed by atoms with E-state index in [1.54, 1.807) is 0 Å². The molecule has 1 saturated heterocycles. The van der Waals surface area contributed by atoms with Crippen molar-refractivity contribution >= 4 is 11.5 Å². The average Bonchev–Trinajstić information content (AvgIpc) is 2.74. The van der Waals surface area contributed by atoms with E-state index in [1.807, 2.05) is 11.4 Å². The summed E-state index contributed by atoms with van der Waals surface area (Å²) in [6, 6.07) is 2.04. The van der Waals surface area contributed by atoms with Gasteiger partial charge in [0.25, 0.3) is 0 Å². The minimum atomic E-state index is 0.0503. The summed E-state index contributed by atoms with van der Waals surface area (Å²) in [7, 11) is 0. The molecule has 0 bridgehead atoms. The predicted octanol–water partition coefficient (Wildman–Crippen LogP) is 1.71. The fourth-order valence-electron chi connectivity index (χ4n) is 1.65. The molecule has 1 aromatic rings. The molecular weight excluding hydrogens is 184 g/mol. The van der Waals surface area contributed by atoms with Gasteiger partial charge in [-0.3, -0.25) is 0 Å². The second-order valence-electron chi connectivity index (χ2n) is 3.40. The van der Waals surface area contributed by atoms with Crippen LogP contribution < -0.4 is 5.73 Å². The Kier molecular flexibility index (Phi) is 2.93. The van der Waals surface area contributed by atoms with Gasteiger partial charge < -0.3 is 10.5 Å². The lowest BCUT2D eigenvalue weighted by Crippen LogP contribution is -2.18. The Bertz CT molecular complexity index is 244. The van der Waals surface area contributed by atoms with Gasteiger partial charge in [0.1, 0.15) is 0 Å². The van der Waals surface area contributed by atoms with Crippen molar-refractivity contribution in [2.75, 3.05) is 6.61 Å². The summed E-state index contributed by atoms with van der Waals surface area (Å²) in [5.41, 5.74) is 6.98. The fraction of sp³-hybridized carbons (Fsp3) is 0.667. The van der Waals surface area contributed by atoms with Crippen molar-refractivity contribution in [3.05, 3.63) is 17.1 Å². The van der Waals surface area contributed by atoms with E-state index in [9.17, 15) is 0 Å². The Morgan fingerprint density at radius 1 is 1.77 bits per heavy atom. The minimum absolute atomic E-state index is 0.0503. The van der Waals surface area contributed by atoms with Crippen LogP contribution in [0.15, 0.2) is 11.4 Å². The Labute approximate surface area is 82.1 Å². The fourth-order valence-corrected chi connectivity index (χ4v) is 2.23. The highest BCUT2D eigenvalue weighted by Gasteiger charge is 2.20. The Hall–Kier alpha value is -0.450. The standard InChI is InChI=1S/C9H14N2OS/c10-8(9-3-5-13-11-9)6-7-2-1-4-12-7/h3,5,7-8H,1-2,4,6,10H2. The Morgan fingerprint density at radius 2 is 2.69 bits per heavy atom. The molecule has 1 aromatic heterocycles. The van der Waals surface area contributed by atoms with Gasteiger partial charge in [-0.25, -0.2) is 0 Å². The van der Waals surface area contributed by atoms with Crippen LogP contribution in [0.5, 0.6) is 0 Å². The van der Waals surface area contributed by atoms with E-state index in [-0.39, 0.29) is 6.04 Å². The largest absolute Gasteiger partial charge is 0.378 e. The van der Waals surface area contributed by atoms with Gasteiger partial charge in [-0.15, -0.1) is 0 Å². The van der Waals surface area contributed by atoms with Gasteiger partial charge in [0.2, 0.25) is 0 Å². The van der Waals surface area contributed by atoms with Crippen LogP contribution in [0.1, 0.15) is 31.0 Å². The zero-order chi connectivity index (χ0) is 9.10. The minimum Gasteiger partial charge on any atom is -0.378 e. The highest BCUT2D eigenvalue weighted by molar-refractivity contribution is 7.03. The van der Waals surface area contributed by atoms with Crippen molar-refractivity contribution in [1.82, 2.24) is 4.37 Å². The van der Waals surface area contributed by atoms with Gasteiger partial charge in [0, 0.05) is 12.0 Å². The van der Waals surface area contributed by atoms with E-state index >= 15 is 0 Å². The van der Waals surface area contributed by atoms with Crippen molar-refractivity contribution in [2.24, 2.45) is 5.73 Å². The van der Waals surface area contributed by atoms with Crippen LogP contribution in [0.4, 0.5) is 0 Å². The van der Waals surface area contributed by atoms with Crippen LogP contribution in [-0.2, 0) is 4.74 Å². The molecule has 2 rings (SSSR count). The summed E-state index contributed by atoms with van der Waals surface area (Å²) in [5.74, 6) is 0. The third-order valence-corrected chi connectivity index (χ3v) is 2.95. The Morgan fingerprint density at radius 3 is 3.31 bits per heavy atom. The lowest BCUT2D eigenvalue weighted by atomic mass is 10.1. The van der Waals surface area contributed by atoms with E-state index < -0.39 is 0 Å². The molecule has 0 spiro atoms. The van der Waals surface area contributed by atoms with Crippen LogP contribution in [-0.4, -0.2) is 17.1 Å². The van der Waals surface area contributed by atoms with Gasteiger partial charge >= 0.3 is 0 Å². The molecule has 13 heavy (non-hydrogen) atoms. The van der Waals surface area contributed by atoms with Crippen LogP contribution in [0, 0.1) is 0 Å². The van der Waals surface area contributed by atoms with Crippen molar-refractivity contribution in [3.8, 4) is 0 Å². The second kappa shape index (κ2) is 4.17. The van der Waals surface area contributed by atoms with Crippen molar-refractivity contribution in [1.29, 1.82) is 0 Å². The van der Waals surface area contributed by atoms with Crippen molar-refractivity contribution in [3.63, 3.8) is 0 Å². The van der Waals surface area contributed by atoms with Crippen molar-refractivity contribution in [2.45, 2.75) is 31.4 Å². The number of aromatic nitrogens is 1. The number of hydrogen-bond donors (Lipinski definition) is 1. The maximum atomic E-state index is 5.98. The quantitative estimate of drug-likeness (QED) is 0.804. The molecule has 0 radical (unpaired) electrons. The maximum Gasteiger partial charge on any atom is 0.0710 e. The molecule has 1 aliphatic rings. The summed E-state index contributed by atoms with van der Waals surface area (Å²) in [4.78, 5) is 0. The molecule has 0 saturated carbocycles. The van der Waals surface area contributed by atoms with Gasteiger partial charge in [0.05, 0.1) is 17.8 Å². The van der Waals surface area contributed by atoms with Crippen LogP contribution >= 0.6 is 11.5 Å². The highest BCUT2D eigenvalue weighted by Crippen LogP contribution is 2.22. The summed E-state index contributed by atoms with van der Waals surface area (Å²) in [6.07, 6.45) is 3.59.